The van der Waals surface area contributed by atoms with Crippen LogP contribution in [0.25, 0.3) is 0 Å². The number of carbonyl (C=O) groups excluding carboxylic acids is 2. The highest BCUT2D eigenvalue weighted by Gasteiger charge is 2.20. The zero-order chi connectivity index (χ0) is 17.7. The molecule has 0 saturated heterocycles. The monoisotopic (exact) mass is 329 g/mol. The molecule has 4 heteroatoms. The van der Waals surface area contributed by atoms with Gasteiger partial charge in [-0.3, -0.25) is 9.59 Å². The summed E-state index contributed by atoms with van der Waals surface area (Å²) >= 11 is 0. The van der Waals surface area contributed by atoms with Crippen LogP contribution in [0, 0.1) is 20.3 Å². The van der Waals surface area contributed by atoms with Gasteiger partial charge >= 0.3 is 11.9 Å². The standard InChI is InChI=1S/C20H25O4/c1-13-8-9-14(2)20-12-18(24-16(4)22)7-5-6-17(23-15(3)21)10-11-19(13)20/h5-6,8-10,17-18H,7,11-12H2,1-4H3/b6-5-. The summed E-state index contributed by atoms with van der Waals surface area (Å²) in [4.78, 5) is 22.7. The number of ether oxygens (including phenoxy) is 2. The molecule has 2 unspecified atom stereocenters. The molecule has 0 spiro atoms. The number of hydrogen-bond donors (Lipinski definition) is 0. The summed E-state index contributed by atoms with van der Waals surface area (Å²) < 4.78 is 10.8. The largest absolute Gasteiger partial charge is 0.462 e. The molecule has 0 amide bonds. The Morgan fingerprint density at radius 2 is 1.62 bits per heavy atom. The number of hydrogen-bond acceptors (Lipinski definition) is 4. The van der Waals surface area contributed by atoms with Gasteiger partial charge in [-0.15, -0.1) is 0 Å². The van der Waals surface area contributed by atoms with Crippen molar-refractivity contribution in [3.8, 4) is 0 Å². The molecule has 2 atom stereocenters. The van der Waals surface area contributed by atoms with Gasteiger partial charge in [0.15, 0.2) is 0 Å². The molecule has 0 bridgehead atoms. The molecule has 1 aliphatic carbocycles. The van der Waals surface area contributed by atoms with E-state index in [0.717, 1.165) is 0 Å². The van der Waals surface area contributed by atoms with E-state index >= 15 is 0 Å². The van der Waals surface area contributed by atoms with Crippen molar-refractivity contribution in [1.29, 1.82) is 0 Å². The molecule has 0 fully saturated rings. The Bertz CT molecular complexity index is 645. The maximum atomic E-state index is 11.4. The number of esters is 2. The minimum Gasteiger partial charge on any atom is -0.462 e. The van der Waals surface area contributed by atoms with Gasteiger partial charge in [-0.05, 0) is 48.6 Å². The predicted octanol–water partition coefficient (Wildman–Crippen LogP) is 3.42. The molecule has 0 aromatic heterocycles. The van der Waals surface area contributed by atoms with Crippen molar-refractivity contribution in [3.05, 3.63) is 53.0 Å². The molecule has 2 rings (SSSR count). The first-order chi connectivity index (χ1) is 11.4. The molecule has 24 heavy (non-hydrogen) atoms. The molecule has 129 valence electrons. The lowest BCUT2D eigenvalue weighted by atomic mass is 9.88. The van der Waals surface area contributed by atoms with E-state index < -0.39 is 0 Å². The second-order valence-electron chi connectivity index (χ2n) is 6.27. The number of carbonyl (C=O) groups is 2. The van der Waals surface area contributed by atoms with Crippen LogP contribution in [0.2, 0.25) is 0 Å². The smallest absolute Gasteiger partial charge is 0.303 e. The average Bonchev–Trinajstić information content (AvgIpc) is 2.48. The first-order valence-corrected chi connectivity index (χ1v) is 8.29. The summed E-state index contributed by atoms with van der Waals surface area (Å²) in [6, 6.07) is 4.20. The van der Waals surface area contributed by atoms with Crippen molar-refractivity contribution in [3.63, 3.8) is 0 Å². The third kappa shape index (κ3) is 4.95. The van der Waals surface area contributed by atoms with Crippen molar-refractivity contribution >= 4 is 11.9 Å². The third-order valence-corrected chi connectivity index (χ3v) is 4.25. The lowest BCUT2D eigenvalue weighted by molar-refractivity contribution is -0.146. The first-order valence-electron chi connectivity index (χ1n) is 8.29. The van der Waals surface area contributed by atoms with Crippen molar-refractivity contribution < 1.29 is 19.1 Å². The van der Waals surface area contributed by atoms with E-state index in [9.17, 15) is 9.59 Å². The second kappa shape index (κ2) is 8.13. The van der Waals surface area contributed by atoms with Crippen LogP contribution in [0.1, 0.15) is 42.5 Å². The van der Waals surface area contributed by atoms with E-state index in [1.54, 1.807) is 0 Å². The minimum absolute atomic E-state index is 0.214. The molecular formula is C20H25O4. The van der Waals surface area contributed by atoms with E-state index in [4.69, 9.17) is 9.47 Å². The van der Waals surface area contributed by atoms with Crippen LogP contribution in [-0.2, 0) is 31.9 Å². The molecule has 1 aromatic carbocycles. The SMILES string of the molecule is CC(=O)OC1[CH]Cc2c(C)ccc(C)c2CC(OC(C)=O)C/C=C\1. The highest BCUT2D eigenvalue weighted by atomic mass is 16.5. The van der Waals surface area contributed by atoms with Gasteiger partial charge in [0.1, 0.15) is 12.2 Å². The molecule has 4 nitrogen and oxygen atoms in total. The molecular weight excluding hydrogens is 304 g/mol. The molecule has 0 saturated carbocycles. The van der Waals surface area contributed by atoms with E-state index in [-0.39, 0.29) is 24.1 Å². The zero-order valence-electron chi connectivity index (χ0n) is 14.8. The summed E-state index contributed by atoms with van der Waals surface area (Å²) in [5, 5.41) is 0. The minimum atomic E-state index is -0.369. The van der Waals surface area contributed by atoms with E-state index in [1.807, 2.05) is 18.6 Å². The van der Waals surface area contributed by atoms with Gasteiger partial charge in [-0.2, -0.15) is 0 Å². The van der Waals surface area contributed by atoms with E-state index in [0.29, 0.717) is 19.3 Å². The predicted molar refractivity (Wildman–Crippen MR) is 92.5 cm³/mol. The Balaban J connectivity index is 2.36. The Morgan fingerprint density at radius 3 is 2.25 bits per heavy atom. The summed E-state index contributed by atoms with van der Waals surface area (Å²) in [5.41, 5.74) is 4.82. The van der Waals surface area contributed by atoms with Crippen LogP contribution >= 0.6 is 0 Å². The molecule has 1 aromatic rings. The molecule has 1 radical (unpaired) electrons. The van der Waals surface area contributed by atoms with Crippen LogP contribution in [0.4, 0.5) is 0 Å². The fourth-order valence-corrected chi connectivity index (χ4v) is 3.09. The normalized spacial score (nSPS) is 22.2. The van der Waals surface area contributed by atoms with Gasteiger partial charge in [0.2, 0.25) is 0 Å². The topological polar surface area (TPSA) is 52.6 Å². The van der Waals surface area contributed by atoms with Gasteiger partial charge in [0.25, 0.3) is 0 Å². The van der Waals surface area contributed by atoms with Crippen molar-refractivity contribution in [2.75, 3.05) is 0 Å². The fourth-order valence-electron chi connectivity index (χ4n) is 3.09. The summed E-state index contributed by atoms with van der Waals surface area (Å²) in [6.45, 7) is 7.00. The Hall–Kier alpha value is -2.10. The zero-order valence-corrected chi connectivity index (χ0v) is 14.8. The Labute approximate surface area is 143 Å². The lowest BCUT2D eigenvalue weighted by Gasteiger charge is -2.23. The second-order valence-corrected chi connectivity index (χ2v) is 6.27. The van der Waals surface area contributed by atoms with Gasteiger partial charge in [-0.1, -0.05) is 18.2 Å². The van der Waals surface area contributed by atoms with Crippen LogP contribution in [-0.4, -0.2) is 24.1 Å². The molecule has 0 N–H and O–H groups in total. The number of aryl methyl sites for hydroxylation is 2. The highest BCUT2D eigenvalue weighted by molar-refractivity contribution is 5.66. The van der Waals surface area contributed by atoms with Crippen LogP contribution in [0.5, 0.6) is 0 Å². The van der Waals surface area contributed by atoms with Crippen molar-refractivity contribution in [2.24, 2.45) is 0 Å². The number of rotatable bonds is 2. The summed E-state index contributed by atoms with van der Waals surface area (Å²) in [5.74, 6) is -0.587. The number of fused-ring (bicyclic) bond motifs is 1. The quantitative estimate of drug-likeness (QED) is 0.616. The maximum absolute atomic E-state index is 11.4. The molecule has 1 aliphatic rings. The summed E-state index contributed by atoms with van der Waals surface area (Å²) in [6.07, 6.45) is 7.20. The van der Waals surface area contributed by atoms with E-state index in [2.05, 4.69) is 26.0 Å². The van der Waals surface area contributed by atoms with E-state index in [1.165, 1.54) is 36.1 Å². The molecule has 0 heterocycles. The fraction of sp³-hybridized carbons (Fsp3) is 0.450. The van der Waals surface area contributed by atoms with Crippen molar-refractivity contribution in [2.45, 2.75) is 59.2 Å². The van der Waals surface area contributed by atoms with Gasteiger partial charge in [-0.25, -0.2) is 0 Å². The van der Waals surface area contributed by atoms with Crippen LogP contribution in [0.3, 0.4) is 0 Å². The van der Waals surface area contributed by atoms with Gasteiger partial charge in [0, 0.05) is 33.1 Å². The third-order valence-electron chi connectivity index (χ3n) is 4.25. The van der Waals surface area contributed by atoms with Crippen LogP contribution < -0.4 is 0 Å². The summed E-state index contributed by atoms with van der Waals surface area (Å²) in [7, 11) is 0. The van der Waals surface area contributed by atoms with Crippen LogP contribution in [0.15, 0.2) is 24.3 Å². The first kappa shape index (κ1) is 18.2. The van der Waals surface area contributed by atoms with Crippen molar-refractivity contribution in [1.82, 2.24) is 0 Å². The van der Waals surface area contributed by atoms with Gasteiger partial charge < -0.3 is 9.47 Å². The van der Waals surface area contributed by atoms with Gasteiger partial charge in [0.05, 0.1) is 0 Å². The average molecular weight is 329 g/mol. The number of benzene rings is 1. The lowest BCUT2D eigenvalue weighted by Crippen LogP contribution is -2.23. The Kier molecular flexibility index (Phi) is 6.18. The Morgan fingerprint density at radius 1 is 1.00 bits per heavy atom. The molecule has 0 aliphatic heterocycles. The maximum Gasteiger partial charge on any atom is 0.303 e. The highest BCUT2D eigenvalue weighted by Crippen LogP contribution is 2.25.